The van der Waals surface area contributed by atoms with Crippen molar-refractivity contribution in [2.45, 2.75) is 31.2 Å². The molecule has 2 aromatic rings. The van der Waals surface area contributed by atoms with Crippen LogP contribution in [0.15, 0.2) is 47.6 Å². The number of hydrogen-bond donors (Lipinski definition) is 4. The summed E-state index contributed by atoms with van der Waals surface area (Å²) < 4.78 is 0. The van der Waals surface area contributed by atoms with E-state index in [4.69, 9.17) is 0 Å². The van der Waals surface area contributed by atoms with Gasteiger partial charge in [-0.2, -0.15) is 5.10 Å². The van der Waals surface area contributed by atoms with Crippen LogP contribution in [0, 0.1) is 5.92 Å². The lowest BCUT2D eigenvalue weighted by Crippen LogP contribution is -2.30. The zero-order chi connectivity index (χ0) is 20.5. The SMILES string of the molecule is O=C(CC1CCNCC1)Nc1cc2c3c(c1)C(=O)NN=CC3C(c1ccccc1)N2. The van der Waals surface area contributed by atoms with Crippen molar-refractivity contribution < 1.29 is 9.59 Å². The fraction of sp³-hybridized carbons (Fsp3) is 0.348. The third kappa shape index (κ3) is 3.57. The third-order valence-electron chi connectivity index (χ3n) is 6.20. The summed E-state index contributed by atoms with van der Waals surface area (Å²) in [6, 6.07) is 13.8. The number of carbonyl (C=O) groups is 2. The van der Waals surface area contributed by atoms with Gasteiger partial charge in [-0.05, 0) is 55.1 Å². The highest BCUT2D eigenvalue weighted by Gasteiger charge is 2.37. The average molecular weight is 403 g/mol. The minimum Gasteiger partial charge on any atom is -0.377 e. The normalized spacial score (nSPS) is 22.6. The molecule has 4 N–H and O–H groups in total. The molecular weight excluding hydrogens is 378 g/mol. The van der Waals surface area contributed by atoms with E-state index >= 15 is 0 Å². The van der Waals surface area contributed by atoms with Gasteiger partial charge in [0.05, 0.1) is 6.04 Å². The Labute approximate surface area is 175 Å². The molecule has 154 valence electrons. The van der Waals surface area contributed by atoms with E-state index in [1.54, 1.807) is 12.3 Å². The van der Waals surface area contributed by atoms with E-state index in [1.165, 1.54) is 0 Å². The molecule has 3 heterocycles. The van der Waals surface area contributed by atoms with E-state index in [0.717, 1.165) is 42.7 Å². The maximum absolute atomic E-state index is 12.7. The molecule has 0 aromatic heterocycles. The van der Waals surface area contributed by atoms with Gasteiger partial charge in [0, 0.05) is 35.5 Å². The van der Waals surface area contributed by atoms with Gasteiger partial charge in [-0.1, -0.05) is 30.3 Å². The minimum absolute atomic E-state index is 0.00603. The second-order valence-electron chi connectivity index (χ2n) is 8.21. The summed E-state index contributed by atoms with van der Waals surface area (Å²) in [6.07, 6.45) is 4.33. The van der Waals surface area contributed by atoms with Crippen molar-refractivity contribution in [3.05, 3.63) is 59.2 Å². The van der Waals surface area contributed by atoms with Gasteiger partial charge in [0.15, 0.2) is 0 Å². The van der Waals surface area contributed by atoms with Crippen LogP contribution in [-0.2, 0) is 4.79 Å². The first kappa shape index (κ1) is 18.8. The fourth-order valence-corrected chi connectivity index (χ4v) is 4.72. The van der Waals surface area contributed by atoms with Crippen LogP contribution in [0.5, 0.6) is 0 Å². The molecule has 3 aliphatic rings. The molecule has 0 aliphatic carbocycles. The first-order chi connectivity index (χ1) is 14.7. The van der Waals surface area contributed by atoms with Crippen LogP contribution in [0.1, 0.15) is 52.7 Å². The number of nitrogens with zero attached hydrogens (tertiary/aromatic N) is 1. The third-order valence-corrected chi connectivity index (χ3v) is 6.20. The van der Waals surface area contributed by atoms with Crippen LogP contribution in [0.2, 0.25) is 0 Å². The van der Waals surface area contributed by atoms with Gasteiger partial charge in [-0.3, -0.25) is 9.59 Å². The number of benzene rings is 2. The van der Waals surface area contributed by atoms with E-state index in [-0.39, 0.29) is 23.8 Å². The first-order valence-corrected chi connectivity index (χ1v) is 10.5. The summed E-state index contributed by atoms with van der Waals surface area (Å²) >= 11 is 0. The van der Waals surface area contributed by atoms with Crippen LogP contribution < -0.4 is 21.4 Å². The smallest absolute Gasteiger partial charge is 0.271 e. The van der Waals surface area contributed by atoms with Crippen molar-refractivity contribution in [1.82, 2.24) is 10.7 Å². The maximum atomic E-state index is 12.7. The van der Waals surface area contributed by atoms with Crippen LogP contribution in [0.3, 0.4) is 0 Å². The summed E-state index contributed by atoms with van der Waals surface area (Å²) in [4.78, 5) is 25.3. The quantitative estimate of drug-likeness (QED) is 0.631. The minimum atomic E-state index is -0.255. The Morgan fingerprint density at radius 1 is 1.13 bits per heavy atom. The molecule has 2 unspecified atom stereocenters. The Morgan fingerprint density at radius 2 is 1.93 bits per heavy atom. The number of rotatable bonds is 4. The molecule has 30 heavy (non-hydrogen) atoms. The molecule has 0 radical (unpaired) electrons. The van der Waals surface area contributed by atoms with Gasteiger partial charge in [-0.25, -0.2) is 5.43 Å². The van der Waals surface area contributed by atoms with E-state index in [2.05, 4.69) is 38.6 Å². The number of amides is 2. The molecule has 2 atom stereocenters. The highest BCUT2D eigenvalue weighted by atomic mass is 16.2. The van der Waals surface area contributed by atoms with Crippen LogP contribution in [0.25, 0.3) is 0 Å². The Morgan fingerprint density at radius 3 is 2.73 bits per heavy atom. The Kier molecular flexibility index (Phi) is 4.96. The standard InChI is InChI=1S/C23H25N5O2/c29-20(10-14-6-8-24-9-7-14)26-16-11-17-21-18(13-25-28-23(17)30)22(27-19(21)12-16)15-4-2-1-3-5-15/h1-5,11-14,18,22,24,27H,6-10H2,(H,26,29)(H,28,30). The number of hydrogen-bond acceptors (Lipinski definition) is 5. The lowest BCUT2D eigenvalue weighted by Gasteiger charge is -2.22. The average Bonchev–Trinajstić information content (AvgIpc) is 3.03. The van der Waals surface area contributed by atoms with E-state index in [1.807, 2.05) is 24.3 Å². The van der Waals surface area contributed by atoms with Crippen LogP contribution >= 0.6 is 0 Å². The molecule has 7 heteroatoms. The van der Waals surface area contributed by atoms with Crippen molar-refractivity contribution in [2.75, 3.05) is 23.7 Å². The maximum Gasteiger partial charge on any atom is 0.271 e. The monoisotopic (exact) mass is 403 g/mol. The van der Waals surface area contributed by atoms with Crippen molar-refractivity contribution in [1.29, 1.82) is 0 Å². The molecule has 3 aliphatic heterocycles. The summed E-state index contributed by atoms with van der Waals surface area (Å²) in [6.45, 7) is 1.93. The van der Waals surface area contributed by atoms with Gasteiger partial charge < -0.3 is 16.0 Å². The first-order valence-electron chi connectivity index (χ1n) is 10.5. The van der Waals surface area contributed by atoms with Crippen molar-refractivity contribution in [3.63, 3.8) is 0 Å². The van der Waals surface area contributed by atoms with Gasteiger partial charge in [0.1, 0.15) is 0 Å². The second-order valence-corrected chi connectivity index (χ2v) is 8.21. The molecule has 7 nitrogen and oxygen atoms in total. The lowest BCUT2D eigenvalue weighted by atomic mass is 9.88. The Hall–Kier alpha value is -3.19. The summed E-state index contributed by atoms with van der Waals surface area (Å²) in [5, 5.41) is 14.0. The summed E-state index contributed by atoms with van der Waals surface area (Å²) in [5.41, 5.74) is 6.71. The zero-order valence-corrected chi connectivity index (χ0v) is 16.7. The highest BCUT2D eigenvalue weighted by molar-refractivity contribution is 6.04. The molecule has 0 saturated carbocycles. The number of anilines is 2. The number of nitrogens with one attached hydrogen (secondary N) is 4. The molecule has 0 bridgehead atoms. The zero-order valence-electron chi connectivity index (χ0n) is 16.7. The lowest BCUT2D eigenvalue weighted by molar-refractivity contribution is -0.117. The Bertz CT molecular complexity index is 998. The predicted molar refractivity (Wildman–Crippen MR) is 117 cm³/mol. The number of piperidine rings is 1. The summed E-state index contributed by atoms with van der Waals surface area (Å²) in [5.74, 6) is 0.0863. The Balaban J connectivity index is 1.43. The molecule has 0 spiro atoms. The van der Waals surface area contributed by atoms with Crippen molar-refractivity contribution in [3.8, 4) is 0 Å². The van der Waals surface area contributed by atoms with Crippen LogP contribution in [0.4, 0.5) is 11.4 Å². The van der Waals surface area contributed by atoms with Crippen LogP contribution in [-0.4, -0.2) is 31.1 Å². The molecule has 2 amide bonds. The number of carbonyl (C=O) groups excluding carboxylic acids is 2. The van der Waals surface area contributed by atoms with Gasteiger partial charge in [-0.15, -0.1) is 0 Å². The second kappa shape index (κ2) is 7.91. The van der Waals surface area contributed by atoms with Gasteiger partial charge in [0.25, 0.3) is 5.91 Å². The fourth-order valence-electron chi connectivity index (χ4n) is 4.72. The van der Waals surface area contributed by atoms with Gasteiger partial charge >= 0.3 is 0 Å². The van der Waals surface area contributed by atoms with Crippen molar-refractivity contribution in [2.24, 2.45) is 11.0 Å². The molecule has 1 fully saturated rings. The van der Waals surface area contributed by atoms with E-state index in [0.29, 0.717) is 23.6 Å². The molecule has 1 saturated heterocycles. The topological polar surface area (TPSA) is 94.6 Å². The van der Waals surface area contributed by atoms with E-state index in [9.17, 15) is 9.59 Å². The molecule has 5 rings (SSSR count). The summed E-state index contributed by atoms with van der Waals surface area (Å²) in [7, 11) is 0. The molecule has 2 aromatic carbocycles. The largest absolute Gasteiger partial charge is 0.377 e. The van der Waals surface area contributed by atoms with E-state index < -0.39 is 0 Å². The molecular formula is C23H25N5O2. The predicted octanol–water partition coefficient (Wildman–Crippen LogP) is 2.99. The number of hydrazone groups is 1. The van der Waals surface area contributed by atoms with Gasteiger partial charge in [0.2, 0.25) is 5.91 Å². The van der Waals surface area contributed by atoms with Crippen molar-refractivity contribution >= 4 is 29.4 Å². The highest BCUT2D eigenvalue weighted by Crippen LogP contribution is 2.46.